The molecule has 1 amide bonds. The molecule has 18 heavy (non-hydrogen) atoms. The van der Waals surface area contributed by atoms with Gasteiger partial charge in [0.05, 0.1) is 12.8 Å². The van der Waals surface area contributed by atoms with Crippen molar-refractivity contribution in [3.05, 3.63) is 23.8 Å². The normalized spacial score (nSPS) is 14.8. The van der Waals surface area contributed by atoms with E-state index < -0.39 is 0 Å². The number of amides is 1. The average molecular weight is 248 g/mol. The van der Waals surface area contributed by atoms with Gasteiger partial charge in [0.2, 0.25) is 5.91 Å². The number of hydrogen-bond donors (Lipinski definition) is 1. The van der Waals surface area contributed by atoms with Gasteiger partial charge in [0, 0.05) is 19.5 Å². The van der Waals surface area contributed by atoms with Crippen LogP contribution in [0.3, 0.4) is 0 Å². The van der Waals surface area contributed by atoms with E-state index in [2.05, 4.69) is 0 Å². The summed E-state index contributed by atoms with van der Waals surface area (Å²) in [4.78, 5) is 13.8. The maximum absolute atomic E-state index is 11.9. The van der Waals surface area contributed by atoms with Gasteiger partial charge in [-0.05, 0) is 37.0 Å². The molecule has 1 saturated heterocycles. The van der Waals surface area contributed by atoms with Crippen LogP contribution in [0.4, 0.5) is 5.69 Å². The van der Waals surface area contributed by atoms with E-state index in [9.17, 15) is 4.79 Å². The number of carbonyl (C=O) groups is 1. The minimum Gasteiger partial charge on any atom is -0.495 e. The third kappa shape index (κ3) is 2.94. The maximum atomic E-state index is 11.9. The first kappa shape index (κ1) is 12.7. The van der Waals surface area contributed by atoms with Crippen LogP contribution in [-0.2, 0) is 11.2 Å². The summed E-state index contributed by atoms with van der Waals surface area (Å²) in [7, 11) is 1.60. The van der Waals surface area contributed by atoms with E-state index in [1.165, 1.54) is 0 Å². The summed E-state index contributed by atoms with van der Waals surface area (Å²) in [5.74, 6) is 0.937. The van der Waals surface area contributed by atoms with Crippen LogP contribution in [0.5, 0.6) is 5.75 Å². The molecule has 2 rings (SSSR count). The van der Waals surface area contributed by atoms with Crippen molar-refractivity contribution in [3.8, 4) is 5.75 Å². The number of nitrogen functional groups attached to an aromatic ring is 1. The molecule has 2 N–H and O–H groups in total. The van der Waals surface area contributed by atoms with Gasteiger partial charge in [-0.15, -0.1) is 0 Å². The molecule has 1 aliphatic rings. The fourth-order valence-electron chi connectivity index (χ4n) is 2.32. The largest absolute Gasteiger partial charge is 0.495 e. The Morgan fingerprint density at radius 1 is 1.39 bits per heavy atom. The summed E-state index contributed by atoms with van der Waals surface area (Å²) in [6.45, 7) is 1.84. The van der Waals surface area contributed by atoms with Gasteiger partial charge in [-0.2, -0.15) is 0 Å². The Bertz CT molecular complexity index is 426. The Kier molecular flexibility index (Phi) is 4.07. The van der Waals surface area contributed by atoms with E-state index in [1.54, 1.807) is 7.11 Å². The topological polar surface area (TPSA) is 55.6 Å². The second kappa shape index (κ2) is 5.76. The van der Waals surface area contributed by atoms with E-state index in [-0.39, 0.29) is 5.91 Å². The zero-order valence-corrected chi connectivity index (χ0v) is 10.8. The molecule has 0 aliphatic carbocycles. The van der Waals surface area contributed by atoms with Gasteiger partial charge >= 0.3 is 0 Å². The lowest BCUT2D eigenvalue weighted by Gasteiger charge is -2.15. The molecule has 98 valence electrons. The van der Waals surface area contributed by atoms with Crippen molar-refractivity contribution < 1.29 is 9.53 Å². The highest BCUT2D eigenvalue weighted by molar-refractivity contribution is 5.76. The van der Waals surface area contributed by atoms with E-state index in [0.29, 0.717) is 17.9 Å². The fourth-order valence-corrected chi connectivity index (χ4v) is 2.32. The number of rotatable bonds is 4. The van der Waals surface area contributed by atoms with Crippen LogP contribution in [0.25, 0.3) is 0 Å². The Morgan fingerprint density at radius 3 is 2.72 bits per heavy atom. The van der Waals surface area contributed by atoms with Crippen molar-refractivity contribution in [1.82, 2.24) is 4.90 Å². The standard InChI is InChI=1S/C14H20N2O2/c1-18-13-6-4-11(10-12(13)15)5-7-14(17)16-8-2-3-9-16/h4,6,10H,2-3,5,7-9,15H2,1H3. The third-order valence-electron chi connectivity index (χ3n) is 3.38. The molecule has 1 aromatic rings. The summed E-state index contributed by atoms with van der Waals surface area (Å²) >= 11 is 0. The van der Waals surface area contributed by atoms with Crippen molar-refractivity contribution >= 4 is 11.6 Å². The molecule has 1 fully saturated rings. The number of nitrogens with zero attached hydrogens (tertiary/aromatic N) is 1. The maximum Gasteiger partial charge on any atom is 0.222 e. The van der Waals surface area contributed by atoms with Gasteiger partial charge in [0.15, 0.2) is 0 Å². The number of carbonyl (C=O) groups excluding carboxylic acids is 1. The highest BCUT2D eigenvalue weighted by Gasteiger charge is 2.17. The average Bonchev–Trinajstić information content (AvgIpc) is 2.90. The van der Waals surface area contributed by atoms with Gasteiger partial charge < -0.3 is 15.4 Å². The number of hydrogen-bond acceptors (Lipinski definition) is 3. The first-order chi connectivity index (χ1) is 8.70. The Morgan fingerprint density at radius 2 is 2.11 bits per heavy atom. The predicted octanol–water partition coefficient (Wildman–Crippen LogP) is 1.83. The summed E-state index contributed by atoms with van der Waals surface area (Å²) in [6.07, 6.45) is 3.58. The lowest BCUT2D eigenvalue weighted by atomic mass is 10.1. The van der Waals surface area contributed by atoms with Crippen LogP contribution in [0.1, 0.15) is 24.8 Å². The highest BCUT2D eigenvalue weighted by atomic mass is 16.5. The number of methoxy groups -OCH3 is 1. The molecule has 4 heteroatoms. The molecule has 1 aromatic carbocycles. The van der Waals surface area contributed by atoms with Gasteiger partial charge in [-0.3, -0.25) is 4.79 Å². The molecule has 0 atom stereocenters. The van der Waals surface area contributed by atoms with Crippen LogP contribution < -0.4 is 10.5 Å². The first-order valence-corrected chi connectivity index (χ1v) is 6.41. The predicted molar refractivity (Wildman–Crippen MR) is 71.5 cm³/mol. The smallest absolute Gasteiger partial charge is 0.222 e. The Labute approximate surface area is 108 Å². The molecule has 1 aliphatic heterocycles. The zero-order chi connectivity index (χ0) is 13.0. The van der Waals surface area contributed by atoms with Crippen molar-refractivity contribution in [3.63, 3.8) is 0 Å². The molecule has 0 bridgehead atoms. The number of ether oxygens (including phenoxy) is 1. The lowest BCUT2D eigenvalue weighted by molar-refractivity contribution is -0.130. The van der Waals surface area contributed by atoms with Crippen LogP contribution in [-0.4, -0.2) is 31.0 Å². The third-order valence-corrected chi connectivity index (χ3v) is 3.38. The van der Waals surface area contributed by atoms with Crippen molar-refractivity contribution in [2.75, 3.05) is 25.9 Å². The quantitative estimate of drug-likeness (QED) is 0.827. The van der Waals surface area contributed by atoms with Crippen LogP contribution in [0, 0.1) is 0 Å². The van der Waals surface area contributed by atoms with E-state index in [1.807, 2.05) is 23.1 Å². The molecule has 0 radical (unpaired) electrons. The summed E-state index contributed by atoms with van der Waals surface area (Å²) in [5.41, 5.74) is 7.55. The van der Waals surface area contributed by atoms with Crippen molar-refractivity contribution in [2.45, 2.75) is 25.7 Å². The van der Waals surface area contributed by atoms with Crippen molar-refractivity contribution in [1.29, 1.82) is 0 Å². The number of anilines is 1. The Balaban J connectivity index is 1.89. The number of nitrogens with two attached hydrogens (primary N) is 1. The molecule has 0 spiro atoms. The molecular formula is C14H20N2O2. The second-order valence-corrected chi connectivity index (χ2v) is 4.66. The van der Waals surface area contributed by atoms with Crippen LogP contribution in [0.2, 0.25) is 0 Å². The number of likely N-dealkylation sites (tertiary alicyclic amines) is 1. The molecule has 1 heterocycles. The molecular weight excluding hydrogens is 228 g/mol. The first-order valence-electron chi connectivity index (χ1n) is 6.41. The van der Waals surface area contributed by atoms with Gasteiger partial charge in [-0.1, -0.05) is 6.07 Å². The van der Waals surface area contributed by atoms with Crippen molar-refractivity contribution in [2.24, 2.45) is 0 Å². The van der Waals surface area contributed by atoms with Gasteiger partial charge in [0.25, 0.3) is 0 Å². The molecule has 0 unspecified atom stereocenters. The minimum atomic E-state index is 0.252. The van der Waals surface area contributed by atoms with Gasteiger partial charge in [0.1, 0.15) is 5.75 Å². The number of benzene rings is 1. The van der Waals surface area contributed by atoms with E-state index in [0.717, 1.165) is 37.9 Å². The summed E-state index contributed by atoms with van der Waals surface area (Å²) < 4.78 is 5.11. The fraction of sp³-hybridized carbons (Fsp3) is 0.500. The Hall–Kier alpha value is -1.71. The summed E-state index contributed by atoms with van der Waals surface area (Å²) in [5, 5.41) is 0. The molecule has 0 aromatic heterocycles. The minimum absolute atomic E-state index is 0.252. The van der Waals surface area contributed by atoms with Gasteiger partial charge in [-0.25, -0.2) is 0 Å². The van der Waals surface area contributed by atoms with Crippen LogP contribution >= 0.6 is 0 Å². The lowest BCUT2D eigenvalue weighted by Crippen LogP contribution is -2.27. The summed E-state index contributed by atoms with van der Waals surface area (Å²) in [6, 6.07) is 5.70. The molecule has 4 nitrogen and oxygen atoms in total. The van der Waals surface area contributed by atoms with E-state index >= 15 is 0 Å². The number of aryl methyl sites for hydroxylation is 1. The highest BCUT2D eigenvalue weighted by Crippen LogP contribution is 2.22. The SMILES string of the molecule is COc1ccc(CCC(=O)N2CCCC2)cc1N. The monoisotopic (exact) mass is 248 g/mol. The second-order valence-electron chi connectivity index (χ2n) is 4.66. The van der Waals surface area contributed by atoms with Crippen LogP contribution in [0.15, 0.2) is 18.2 Å². The van der Waals surface area contributed by atoms with E-state index in [4.69, 9.17) is 10.5 Å². The zero-order valence-electron chi connectivity index (χ0n) is 10.8. The molecule has 0 saturated carbocycles.